The van der Waals surface area contributed by atoms with Crippen molar-refractivity contribution in [2.24, 2.45) is 0 Å². The van der Waals surface area contributed by atoms with Gasteiger partial charge in [-0.3, -0.25) is 9.36 Å². The number of thiophene rings is 1. The van der Waals surface area contributed by atoms with Crippen molar-refractivity contribution in [2.45, 2.75) is 33.4 Å². The molecule has 0 aliphatic heterocycles. The first-order valence-corrected chi connectivity index (χ1v) is 10.4. The van der Waals surface area contributed by atoms with Crippen molar-refractivity contribution in [1.82, 2.24) is 14.9 Å². The molecule has 1 N–H and O–H groups in total. The number of aryl methyl sites for hydroxylation is 1. The minimum absolute atomic E-state index is 0.0475. The maximum absolute atomic E-state index is 12.8. The number of para-hydroxylation sites is 2. The lowest BCUT2D eigenvalue weighted by Crippen LogP contribution is -2.29. The molecule has 5 nitrogen and oxygen atoms in total. The quantitative estimate of drug-likeness (QED) is 0.485. The largest absolute Gasteiger partial charge is 0.487 e. The fourth-order valence-electron chi connectivity index (χ4n) is 3.14. The van der Waals surface area contributed by atoms with E-state index in [9.17, 15) is 4.79 Å². The highest BCUT2D eigenvalue weighted by Gasteiger charge is 2.20. The van der Waals surface area contributed by atoms with Crippen LogP contribution in [0.4, 0.5) is 0 Å². The summed E-state index contributed by atoms with van der Waals surface area (Å²) >= 11 is 1.41. The number of aromatic nitrogens is 2. The average molecular weight is 406 g/mol. The monoisotopic (exact) mass is 405 g/mol. The second kappa shape index (κ2) is 8.09. The normalized spacial score (nSPS) is 11.2. The standard InChI is InChI=1S/C23H23N3O2S/c1-15(2)25-23(27)22-20(28-13-17-9-5-4-8-16(17)3)12-21(29-22)26-14-24-18-10-6-7-11-19(18)26/h4-12,14-15H,13H2,1-3H3,(H,25,27). The van der Waals surface area contributed by atoms with Crippen LogP contribution in [0.25, 0.3) is 16.0 Å². The van der Waals surface area contributed by atoms with Crippen LogP contribution in [0.3, 0.4) is 0 Å². The van der Waals surface area contributed by atoms with E-state index in [1.807, 2.05) is 66.9 Å². The SMILES string of the molecule is Cc1ccccc1COc1cc(-n2cnc3ccccc32)sc1C(=O)NC(C)C. The van der Waals surface area contributed by atoms with Crippen LogP contribution in [0.1, 0.15) is 34.6 Å². The van der Waals surface area contributed by atoms with Crippen molar-refractivity contribution in [1.29, 1.82) is 0 Å². The van der Waals surface area contributed by atoms with Gasteiger partial charge in [0.2, 0.25) is 0 Å². The van der Waals surface area contributed by atoms with Gasteiger partial charge in [-0.1, -0.05) is 36.4 Å². The Bertz CT molecular complexity index is 1160. The molecule has 2 aromatic carbocycles. The maximum atomic E-state index is 12.8. The van der Waals surface area contributed by atoms with Crippen LogP contribution in [0, 0.1) is 6.92 Å². The molecule has 0 aliphatic rings. The van der Waals surface area contributed by atoms with Crippen molar-refractivity contribution >= 4 is 28.3 Å². The Hall–Kier alpha value is -3.12. The fraction of sp³-hybridized carbons (Fsp3) is 0.217. The summed E-state index contributed by atoms with van der Waals surface area (Å²) in [5.74, 6) is 0.463. The van der Waals surface area contributed by atoms with E-state index in [1.165, 1.54) is 11.3 Å². The van der Waals surface area contributed by atoms with Crippen molar-refractivity contribution in [3.8, 4) is 10.8 Å². The number of nitrogens with one attached hydrogen (secondary N) is 1. The lowest BCUT2D eigenvalue weighted by molar-refractivity contribution is 0.0943. The van der Waals surface area contributed by atoms with Gasteiger partial charge in [-0.05, 0) is 44.0 Å². The Morgan fingerprint density at radius 1 is 1.17 bits per heavy atom. The van der Waals surface area contributed by atoms with Gasteiger partial charge in [-0.25, -0.2) is 4.98 Å². The number of carbonyl (C=O) groups is 1. The zero-order chi connectivity index (χ0) is 20.4. The van der Waals surface area contributed by atoms with Crippen LogP contribution < -0.4 is 10.1 Å². The number of hydrogen-bond acceptors (Lipinski definition) is 4. The van der Waals surface area contributed by atoms with Crippen LogP contribution in [-0.2, 0) is 6.61 Å². The third-order valence-electron chi connectivity index (χ3n) is 4.65. The first kappa shape index (κ1) is 19.2. The van der Waals surface area contributed by atoms with E-state index < -0.39 is 0 Å². The molecule has 2 aromatic heterocycles. The molecule has 2 heterocycles. The first-order chi connectivity index (χ1) is 14.0. The lowest BCUT2D eigenvalue weighted by Gasteiger charge is -2.10. The van der Waals surface area contributed by atoms with Gasteiger partial charge in [0.05, 0.1) is 11.0 Å². The van der Waals surface area contributed by atoms with Gasteiger partial charge in [0.15, 0.2) is 0 Å². The highest BCUT2D eigenvalue weighted by Crippen LogP contribution is 2.34. The van der Waals surface area contributed by atoms with Gasteiger partial charge >= 0.3 is 0 Å². The number of imidazole rings is 1. The Morgan fingerprint density at radius 2 is 1.93 bits per heavy atom. The van der Waals surface area contributed by atoms with Crippen LogP contribution in [0.5, 0.6) is 5.75 Å². The van der Waals surface area contributed by atoms with Crippen LogP contribution in [-0.4, -0.2) is 21.5 Å². The number of rotatable bonds is 6. The third-order valence-corrected chi connectivity index (χ3v) is 5.76. The molecule has 0 saturated heterocycles. The summed E-state index contributed by atoms with van der Waals surface area (Å²) < 4.78 is 8.11. The van der Waals surface area contributed by atoms with Gasteiger partial charge < -0.3 is 10.1 Å². The number of nitrogens with zero attached hydrogens (tertiary/aromatic N) is 2. The smallest absolute Gasteiger partial charge is 0.265 e. The molecule has 1 amide bonds. The van der Waals surface area contributed by atoms with Gasteiger partial charge in [0.25, 0.3) is 5.91 Å². The molecule has 0 bridgehead atoms. The van der Waals surface area contributed by atoms with E-state index in [-0.39, 0.29) is 11.9 Å². The van der Waals surface area contributed by atoms with E-state index in [1.54, 1.807) is 6.33 Å². The van der Waals surface area contributed by atoms with E-state index in [4.69, 9.17) is 4.74 Å². The second-order valence-electron chi connectivity index (χ2n) is 7.22. The van der Waals surface area contributed by atoms with E-state index in [0.717, 1.165) is 27.2 Å². The molecule has 0 spiro atoms. The number of amides is 1. The molecule has 4 rings (SSSR count). The summed E-state index contributed by atoms with van der Waals surface area (Å²) in [6, 6.07) is 18.0. The van der Waals surface area contributed by atoms with Crippen LogP contribution in [0.2, 0.25) is 0 Å². The highest BCUT2D eigenvalue weighted by atomic mass is 32.1. The zero-order valence-corrected chi connectivity index (χ0v) is 17.5. The zero-order valence-electron chi connectivity index (χ0n) is 16.7. The molecule has 4 aromatic rings. The number of benzene rings is 2. The number of carbonyl (C=O) groups excluding carboxylic acids is 1. The number of hydrogen-bond donors (Lipinski definition) is 1. The predicted molar refractivity (Wildman–Crippen MR) is 117 cm³/mol. The molecule has 6 heteroatoms. The van der Waals surface area contributed by atoms with Crippen LogP contribution >= 0.6 is 11.3 Å². The molecule has 0 unspecified atom stereocenters. The maximum Gasteiger partial charge on any atom is 0.265 e. The Balaban J connectivity index is 1.70. The highest BCUT2D eigenvalue weighted by molar-refractivity contribution is 7.16. The molecule has 29 heavy (non-hydrogen) atoms. The molecule has 0 fully saturated rings. The first-order valence-electron chi connectivity index (χ1n) is 9.57. The van der Waals surface area contributed by atoms with Gasteiger partial charge in [0.1, 0.15) is 28.6 Å². The van der Waals surface area contributed by atoms with E-state index in [2.05, 4.69) is 23.3 Å². The summed E-state index contributed by atoms with van der Waals surface area (Å²) in [4.78, 5) is 17.8. The van der Waals surface area contributed by atoms with Gasteiger partial charge in [-0.15, -0.1) is 11.3 Å². The van der Waals surface area contributed by atoms with Gasteiger partial charge in [-0.2, -0.15) is 0 Å². The summed E-state index contributed by atoms with van der Waals surface area (Å²) in [6.45, 7) is 6.37. The molecule has 148 valence electrons. The summed E-state index contributed by atoms with van der Waals surface area (Å²) in [5, 5.41) is 3.87. The van der Waals surface area contributed by atoms with Crippen molar-refractivity contribution in [2.75, 3.05) is 0 Å². The summed E-state index contributed by atoms with van der Waals surface area (Å²) in [5.41, 5.74) is 4.17. The molecule has 0 aliphatic carbocycles. The molecule has 0 atom stereocenters. The number of fused-ring (bicyclic) bond motifs is 1. The topological polar surface area (TPSA) is 56.2 Å². The summed E-state index contributed by atoms with van der Waals surface area (Å²) in [6.07, 6.45) is 1.78. The van der Waals surface area contributed by atoms with E-state index in [0.29, 0.717) is 17.2 Å². The molecule has 0 saturated carbocycles. The Labute approximate surface area is 174 Å². The predicted octanol–water partition coefficient (Wildman–Crippen LogP) is 5.11. The van der Waals surface area contributed by atoms with Gasteiger partial charge in [0, 0.05) is 12.1 Å². The fourth-order valence-corrected chi connectivity index (χ4v) is 4.13. The van der Waals surface area contributed by atoms with E-state index >= 15 is 0 Å². The minimum atomic E-state index is -0.125. The second-order valence-corrected chi connectivity index (χ2v) is 8.26. The third kappa shape index (κ3) is 4.03. The van der Waals surface area contributed by atoms with Crippen molar-refractivity contribution in [3.63, 3.8) is 0 Å². The van der Waals surface area contributed by atoms with Crippen molar-refractivity contribution in [3.05, 3.63) is 76.9 Å². The lowest BCUT2D eigenvalue weighted by atomic mass is 10.1. The van der Waals surface area contributed by atoms with Crippen molar-refractivity contribution < 1.29 is 9.53 Å². The minimum Gasteiger partial charge on any atom is -0.487 e. The molecular weight excluding hydrogens is 382 g/mol. The average Bonchev–Trinajstić information content (AvgIpc) is 3.31. The molecular formula is C23H23N3O2S. The Kier molecular flexibility index (Phi) is 5.36. The summed E-state index contributed by atoms with van der Waals surface area (Å²) in [7, 11) is 0. The number of ether oxygens (including phenoxy) is 1. The van der Waals surface area contributed by atoms with Crippen LogP contribution in [0.15, 0.2) is 60.9 Å². The Morgan fingerprint density at radius 3 is 2.72 bits per heavy atom. The molecule has 0 radical (unpaired) electrons.